The minimum Gasteiger partial charge on any atom is -0.485 e. The quantitative estimate of drug-likeness (QED) is 0.588. The highest BCUT2D eigenvalue weighted by Gasteiger charge is 2.27. The molecule has 0 bridgehead atoms. The topological polar surface area (TPSA) is 84.5 Å². The Hall–Kier alpha value is -3.33. The molecule has 1 unspecified atom stereocenters. The zero-order chi connectivity index (χ0) is 22.8. The van der Waals surface area contributed by atoms with Gasteiger partial charge in [0, 0.05) is 24.1 Å². The van der Waals surface area contributed by atoms with Crippen LogP contribution in [0.25, 0.3) is 11.0 Å². The van der Waals surface area contributed by atoms with Gasteiger partial charge < -0.3 is 19.4 Å². The molecular weight excluding hydrogens is 420 g/mol. The molecule has 1 amide bonds. The highest BCUT2D eigenvalue weighted by atomic mass is 19.1. The number of Topliss-reactive ketones (excluding diaryl/α,β-unsaturated/α-hetero) is 1. The van der Waals surface area contributed by atoms with Gasteiger partial charge in [0.15, 0.2) is 23.2 Å². The van der Waals surface area contributed by atoms with E-state index in [9.17, 15) is 18.4 Å². The van der Waals surface area contributed by atoms with E-state index in [0.717, 1.165) is 29.0 Å². The molecule has 1 atom stereocenters. The first-order chi connectivity index (χ1) is 15.4. The maximum absolute atomic E-state index is 14.3. The van der Waals surface area contributed by atoms with E-state index < -0.39 is 23.5 Å². The molecule has 1 N–H and O–H groups in total. The smallest absolute Gasteiger partial charge is 0.254 e. The summed E-state index contributed by atoms with van der Waals surface area (Å²) in [6.45, 7) is 4.21. The molecule has 0 saturated carbocycles. The molecule has 0 spiro atoms. The number of rotatable bonds is 6. The lowest BCUT2D eigenvalue weighted by Crippen LogP contribution is -2.47. The maximum atomic E-state index is 14.3. The van der Waals surface area contributed by atoms with Crippen molar-refractivity contribution >= 4 is 22.7 Å². The fourth-order valence-corrected chi connectivity index (χ4v) is 3.70. The van der Waals surface area contributed by atoms with Crippen molar-refractivity contribution in [2.45, 2.75) is 26.4 Å². The van der Waals surface area contributed by atoms with Crippen molar-refractivity contribution in [1.29, 1.82) is 0 Å². The number of hydrogen-bond donors (Lipinski definition) is 1. The Labute approximate surface area is 183 Å². The number of imidazole rings is 1. The first-order valence-electron chi connectivity index (χ1n) is 10.4. The number of amides is 1. The van der Waals surface area contributed by atoms with Gasteiger partial charge in [-0.25, -0.2) is 13.8 Å². The molecule has 3 aromatic rings. The molecule has 0 aliphatic carbocycles. The fraction of sp³-hybridized carbons (Fsp3) is 0.348. The second-order valence-corrected chi connectivity index (χ2v) is 7.65. The number of benzene rings is 2. The van der Waals surface area contributed by atoms with Gasteiger partial charge in [0.05, 0.1) is 24.2 Å². The van der Waals surface area contributed by atoms with E-state index in [0.29, 0.717) is 12.1 Å². The van der Waals surface area contributed by atoms with Crippen LogP contribution in [0.1, 0.15) is 39.9 Å². The number of carbonyl (C=O) groups is 2. The number of hydrogen-bond acceptors (Lipinski definition) is 5. The van der Waals surface area contributed by atoms with Gasteiger partial charge in [-0.15, -0.1) is 0 Å². The van der Waals surface area contributed by atoms with Gasteiger partial charge in [-0.2, -0.15) is 0 Å². The second-order valence-electron chi connectivity index (χ2n) is 7.65. The molecule has 1 fully saturated rings. The van der Waals surface area contributed by atoms with E-state index in [1.165, 1.54) is 0 Å². The number of ketones is 1. The number of nitrogens with zero attached hydrogens (tertiary/aromatic N) is 2. The summed E-state index contributed by atoms with van der Waals surface area (Å²) in [4.78, 5) is 33.7. The van der Waals surface area contributed by atoms with E-state index in [2.05, 4.69) is 9.97 Å². The van der Waals surface area contributed by atoms with Gasteiger partial charge in [-0.1, -0.05) is 6.92 Å². The number of aryl methyl sites for hydroxylation is 1. The zero-order valence-electron chi connectivity index (χ0n) is 17.8. The summed E-state index contributed by atoms with van der Waals surface area (Å²) in [5.74, 6) is -2.23. The van der Waals surface area contributed by atoms with Crippen molar-refractivity contribution in [2.24, 2.45) is 0 Å². The average molecular weight is 443 g/mol. The Morgan fingerprint density at radius 3 is 2.69 bits per heavy atom. The average Bonchev–Trinajstić information content (AvgIpc) is 3.16. The van der Waals surface area contributed by atoms with Crippen molar-refractivity contribution in [2.75, 3.05) is 26.3 Å². The molecule has 2 aromatic carbocycles. The van der Waals surface area contributed by atoms with E-state index in [-0.39, 0.29) is 43.4 Å². The SMILES string of the molecule is CCC(=O)c1cc(F)c(OCC2CN(C(=O)c3ccc4nc(C)[nH]c4c3)CCO2)c(F)c1. The lowest BCUT2D eigenvalue weighted by molar-refractivity contribution is -0.0410. The maximum Gasteiger partial charge on any atom is 0.254 e. The highest BCUT2D eigenvalue weighted by molar-refractivity contribution is 5.97. The number of ether oxygens (including phenoxy) is 2. The number of aromatic nitrogens is 2. The number of carbonyl (C=O) groups excluding carboxylic acids is 2. The van der Waals surface area contributed by atoms with Crippen LogP contribution in [0.3, 0.4) is 0 Å². The molecule has 9 heteroatoms. The molecule has 2 heterocycles. The van der Waals surface area contributed by atoms with Gasteiger partial charge in [0.2, 0.25) is 0 Å². The lowest BCUT2D eigenvalue weighted by atomic mass is 10.1. The van der Waals surface area contributed by atoms with Crippen LogP contribution in [-0.2, 0) is 4.74 Å². The molecule has 168 valence electrons. The molecule has 32 heavy (non-hydrogen) atoms. The van der Waals surface area contributed by atoms with E-state index in [1.807, 2.05) is 6.92 Å². The second kappa shape index (κ2) is 9.04. The summed E-state index contributed by atoms with van der Waals surface area (Å²) in [5.41, 5.74) is 2.03. The van der Waals surface area contributed by atoms with Crippen molar-refractivity contribution in [3.8, 4) is 5.75 Å². The summed E-state index contributed by atoms with van der Waals surface area (Å²) >= 11 is 0. The standard InChI is InChI=1S/C23H23F2N3O4/c1-3-21(29)15-8-17(24)22(18(25)9-15)32-12-16-11-28(6-7-31-16)23(30)14-4-5-19-20(10-14)27-13(2)26-19/h4-5,8-10,16H,3,6-7,11-12H2,1-2H3,(H,26,27). The van der Waals surface area contributed by atoms with Crippen LogP contribution < -0.4 is 4.74 Å². The Kier molecular flexibility index (Phi) is 6.18. The van der Waals surface area contributed by atoms with Gasteiger partial charge in [-0.3, -0.25) is 9.59 Å². The zero-order valence-corrected chi connectivity index (χ0v) is 17.8. The fourth-order valence-electron chi connectivity index (χ4n) is 3.70. The van der Waals surface area contributed by atoms with E-state index in [4.69, 9.17) is 9.47 Å². The van der Waals surface area contributed by atoms with Crippen LogP contribution >= 0.6 is 0 Å². The number of morpholine rings is 1. The minimum atomic E-state index is -0.950. The van der Waals surface area contributed by atoms with E-state index >= 15 is 0 Å². The van der Waals surface area contributed by atoms with Gasteiger partial charge in [0.25, 0.3) is 5.91 Å². The third-order valence-electron chi connectivity index (χ3n) is 5.33. The van der Waals surface area contributed by atoms with Crippen LogP contribution in [0, 0.1) is 18.6 Å². The van der Waals surface area contributed by atoms with Crippen LogP contribution in [0.5, 0.6) is 5.75 Å². The van der Waals surface area contributed by atoms with Crippen LogP contribution in [0.2, 0.25) is 0 Å². The van der Waals surface area contributed by atoms with Gasteiger partial charge >= 0.3 is 0 Å². The molecule has 1 saturated heterocycles. The first-order valence-corrected chi connectivity index (χ1v) is 10.4. The predicted octanol–water partition coefficient (Wildman–Crippen LogP) is 3.66. The molecule has 1 aliphatic rings. The molecule has 1 aliphatic heterocycles. The van der Waals surface area contributed by atoms with Crippen molar-refractivity contribution in [3.05, 3.63) is 58.9 Å². The summed E-state index contributed by atoms with van der Waals surface area (Å²) in [5, 5.41) is 0. The van der Waals surface area contributed by atoms with Crippen LogP contribution in [-0.4, -0.2) is 59.0 Å². The Bertz CT molecular complexity index is 1150. The predicted molar refractivity (Wildman–Crippen MR) is 113 cm³/mol. The molecule has 7 nitrogen and oxygen atoms in total. The number of halogens is 2. The monoisotopic (exact) mass is 443 g/mol. The molecular formula is C23H23F2N3O4. The molecule has 4 rings (SSSR count). The van der Waals surface area contributed by atoms with Crippen molar-refractivity contribution in [1.82, 2.24) is 14.9 Å². The largest absolute Gasteiger partial charge is 0.485 e. The summed E-state index contributed by atoms with van der Waals surface area (Å²) < 4.78 is 39.5. The normalized spacial score (nSPS) is 16.4. The Balaban J connectivity index is 1.42. The van der Waals surface area contributed by atoms with Crippen LogP contribution in [0.15, 0.2) is 30.3 Å². The summed E-state index contributed by atoms with van der Waals surface area (Å²) in [6, 6.07) is 7.19. The highest BCUT2D eigenvalue weighted by Crippen LogP contribution is 2.25. The molecule has 1 aromatic heterocycles. The number of aromatic amines is 1. The number of fused-ring (bicyclic) bond motifs is 1. The lowest BCUT2D eigenvalue weighted by Gasteiger charge is -2.33. The third-order valence-corrected chi connectivity index (χ3v) is 5.33. The summed E-state index contributed by atoms with van der Waals surface area (Å²) in [7, 11) is 0. The number of nitrogens with one attached hydrogen (secondary N) is 1. The van der Waals surface area contributed by atoms with Crippen molar-refractivity contribution in [3.63, 3.8) is 0 Å². The molecule has 0 radical (unpaired) electrons. The minimum absolute atomic E-state index is 0.0371. The third kappa shape index (κ3) is 4.47. The Morgan fingerprint density at radius 1 is 1.22 bits per heavy atom. The van der Waals surface area contributed by atoms with Gasteiger partial charge in [0.1, 0.15) is 18.5 Å². The van der Waals surface area contributed by atoms with Crippen molar-refractivity contribution < 1.29 is 27.8 Å². The Morgan fingerprint density at radius 2 is 1.97 bits per heavy atom. The van der Waals surface area contributed by atoms with Crippen LogP contribution in [0.4, 0.5) is 8.78 Å². The van der Waals surface area contributed by atoms with Gasteiger partial charge in [-0.05, 0) is 37.3 Å². The first kappa shape index (κ1) is 21.9. The summed E-state index contributed by atoms with van der Waals surface area (Å²) in [6.07, 6.45) is -0.409. The number of H-pyrrole nitrogens is 1. The van der Waals surface area contributed by atoms with E-state index in [1.54, 1.807) is 30.0 Å².